The predicted octanol–water partition coefficient (Wildman–Crippen LogP) is 2.70. The molecule has 1 unspecified atom stereocenters. The van der Waals surface area contributed by atoms with E-state index < -0.39 is 4.92 Å². The van der Waals surface area contributed by atoms with E-state index >= 15 is 0 Å². The Morgan fingerprint density at radius 3 is 2.50 bits per heavy atom. The molecule has 0 aliphatic carbocycles. The van der Waals surface area contributed by atoms with Gasteiger partial charge in [0.25, 0.3) is 0 Å². The van der Waals surface area contributed by atoms with Crippen LogP contribution in [0.3, 0.4) is 0 Å². The van der Waals surface area contributed by atoms with Crippen molar-refractivity contribution in [2.45, 2.75) is 12.5 Å². The Kier molecular flexibility index (Phi) is 4.37. The first-order valence-electron chi connectivity index (χ1n) is 6.18. The molecule has 1 N–H and O–H groups in total. The standard InChI is InChI=1S/C14H16N2O4/c1-15-12(13-7-8-14(20-13)16(17)18)9-10-3-5-11(19-2)6-4-10/h3-8,12,15H,9H2,1-2H3. The van der Waals surface area contributed by atoms with Crippen LogP contribution in [0.1, 0.15) is 17.4 Å². The molecular weight excluding hydrogens is 260 g/mol. The lowest BCUT2D eigenvalue weighted by molar-refractivity contribution is -0.402. The summed E-state index contributed by atoms with van der Waals surface area (Å²) in [6.07, 6.45) is 0.672. The van der Waals surface area contributed by atoms with Crippen molar-refractivity contribution in [3.05, 3.63) is 57.8 Å². The van der Waals surface area contributed by atoms with Gasteiger partial charge in [-0.3, -0.25) is 10.1 Å². The first-order valence-corrected chi connectivity index (χ1v) is 6.18. The smallest absolute Gasteiger partial charge is 0.433 e. The summed E-state index contributed by atoms with van der Waals surface area (Å²) in [5.74, 6) is 1.10. The third-order valence-electron chi connectivity index (χ3n) is 3.08. The minimum Gasteiger partial charge on any atom is -0.497 e. The van der Waals surface area contributed by atoms with Gasteiger partial charge in [-0.1, -0.05) is 12.1 Å². The minimum atomic E-state index is -0.538. The topological polar surface area (TPSA) is 77.5 Å². The number of benzene rings is 1. The zero-order valence-corrected chi connectivity index (χ0v) is 11.3. The fraction of sp³-hybridized carbons (Fsp3) is 0.286. The minimum absolute atomic E-state index is 0.114. The normalized spacial score (nSPS) is 12.1. The second-order valence-electron chi connectivity index (χ2n) is 4.33. The maximum atomic E-state index is 10.6. The number of nitrogens with zero attached hydrogens (tertiary/aromatic N) is 1. The van der Waals surface area contributed by atoms with Gasteiger partial charge in [-0.05, 0) is 37.2 Å². The molecule has 0 aliphatic heterocycles. The van der Waals surface area contributed by atoms with Crippen molar-refractivity contribution >= 4 is 5.88 Å². The summed E-state index contributed by atoms with van der Waals surface area (Å²) < 4.78 is 10.3. The molecule has 2 rings (SSSR count). The molecule has 20 heavy (non-hydrogen) atoms. The second kappa shape index (κ2) is 6.21. The Hall–Kier alpha value is -2.34. The van der Waals surface area contributed by atoms with Crippen LogP contribution in [0.25, 0.3) is 0 Å². The first-order chi connectivity index (χ1) is 9.63. The van der Waals surface area contributed by atoms with Gasteiger partial charge in [0, 0.05) is 0 Å². The number of rotatable bonds is 6. The van der Waals surface area contributed by atoms with E-state index in [4.69, 9.17) is 9.15 Å². The van der Waals surface area contributed by atoms with E-state index in [9.17, 15) is 10.1 Å². The lowest BCUT2D eigenvalue weighted by Crippen LogP contribution is -2.18. The van der Waals surface area contributed by atoms with E-state index in [2.05, 4.69) is 5.32 Å². The van der Waals surface area contributed by atoms with Gasteiger partial charge in [-0.15, -0.1) is 0 Å². The van der Waals surface area contributed by atoms with E-state index in [1.807, 2.05) is 24.3 Å². The third kappa shape index (κ3) is 3.16. The van der Waals surface area contributed by atoms with Gasteiger partial charge in [0.2, 0.25) is 0 Å². The molecule has 1 heterocycles. The van der Waals surface area contributed by atoms with E-state index in [-0.39, 0.29) is 11.9 Å². The van der Waals surface area contributed by atoms with Gasteiger partial charge in [0.1, 0.15) is 16.4 Å². The van der Waals surface area contributed by atoms with E-state index in [0.29, 0.717) is 12.2 Å². The molecule has 0 saturated carbocycles. The molecule has 0 fully saturated rings. The Morgan fingerprint density at radius 1 is 1.30 bits per heavy atom. The number of nitro groups is 1. The zero-order chi connectivity index (χ0) is 14.5. The number of hydrogen-bond acceptors (Lipinski definition) is 5. The molecule has 1 aromatic heterocycles. The van der Waals surface area contributed by atoms with Crippen LogP contribution >= 0.6 is 0 Å². The first kappa shape index (κ1) is 14.1. The SMILES string of the molecule is CNC(Cc1ccc(OC)cc1)c1ccc([N+](=O)[O-])o1. The quantitative estimate of drug-likeness (QED) is 0.648. The van der Waals surface area contributed by atoms with E-state index in [0.717, 1.165) is 11.3 Å². The van der Waals surface area contributed by atoms with Gasteiger partial charge in [0.15, 0.2) is 0 Å². The molecule has 0 amide bonds. The van der Waals surface area contributed by atoms with Crippen LogP contribution in [-0.2, 0) is 6.42 Å². The number of likely N-dealkylation sites (N-methyl/N-ethyl adjacent to an activating group) is 1. The Morgan fingerprint density at radius 2 is 2.00 bits per heavy atom. The molecule has 0 radical (unpaired) electrons. The van der Waals surface area contributed by atoms with Crippen molar-refractivity contribution in [2.75, 3.05) is 14.2 Å². The maximum absolute atomic E-state index is 10.6. The zero-order valence-electron chi connectivity index (χ0n) is 11.3. The summed E-state index contributed by atoms with van der Waals surface area (Å²) in [6, 6.07) is 10.6. The summed E-state index contributed by atoms with van der Waals surface area (Å²) in [7, 11) is 3.41. The molecule has 1 atom stereocenters. The summed E-state index contributed by atoms with van der Waals surface area (Å²) in [5, 5.41) is 13.7. The van der Waals surface area contributed by atoms with Gasteiger partial charge in [-0.2, -0.15) is 0 Å². The highest BCUT2D eigenvalue weighted by atomic mass is 16.6. The van der Waals surface area contributed by atoms with Crippen molar-refractivity contribution in [3.63, 3.8) is 0 Å². The molecule has 0 spiro atoms. The van der Waals surface area contributed by atoms with Gasteiger partial charge in [0.05, 0.1) is 19.2 Å². The van der Waals surface area contributed by atoms with E-state index in [1.165, 1.54) is 6.07 Å². The van der Waals surface area contributed by atoms with Crippen LogP contribution in [0.15, 0.2) is 40.8 Å². The van der Waals surface area contributed by atoms with Crippen molar-refractivity contribution in [3.8, 4) is 5.75 Å². The van der Waals surface area contributed by atoms with Crippen LogP contribution in [-0.4, -0.2) is 19.1 Å². The summed E-state index contributed by atoms with van der Waals surface area (Å²) >= 11 is 0. The van der Waals surface area contributed by atoms with Crippen LogP contribution in [0.4, 0.5) is 5.88 Å². The molecule has 0 aliphatic rings. The molecule has 0 saturated heterocycles. The maximum Gasteiger partial charge on any atom is 0.433 e. The second-order valence-corrected chi connectivity index (χ2v) is 4.33. The van der Waals surface area contributed by atoms with Crippen molar-refractivity contribution < 1.29 is 14.1 Å². The average Bonchev–Trinajstić information content (AvgIpc) is 2.95. The Bertz CT molecular complexity index is 577. The van der Waals surface area contributed by atoms with Crippen LogP contribution < -0.4 is 10.1 Å². The van der Waals surface area contributed by atoms with Gasteiger partial charge in [-0.25, -0.2) is 0 Å². The van der Waals surface area contributed by atoms with Crippen molar-refractivity contribution in [1.29, 1.82) is 0 Å². The summed E-state index contributed by atoms with van der Waals surface area (Å²) in [4.78, 5) is 10.1. The lowest BCUT2D eigenvalue weighted by Gasteiger charge is -2.13. The fourth-order valence-electron chi connectivity index (χ4n) is 1.97. The lowest BCUT2D eigenvalue weighted by atomic mass is 10.0. The van der Waals surface area contributed by atoms with Gasteiger partial charge >= 0.3 is 5.88 Å². The number of nitrogens with one attached hydrogen (secondary N) is 1. The van der Waals surface area contributed by atoms with Crippen LogP contribution in [0.2, 0.25) is 0 Å². The predicted molar refractivity (Wildman–Crippen MR) is 73.9 cm³/mol. The fourth-order valence-corrected chi connectivity index (χ4v) is 1.97. The van der Waals surface area contributed by atoms with Crippen molar-refractivity contribution in [2.24, 2.45) is 0 Å². The highest BCUT2D eigenvalue weighted by Gasteiger charge is 2.18. The van der Waals surface area contributed by atoms with Crippen molar-refractivity contribution in [1.82, 2.24) is 5.32 Å². The third-order valence-corrected chi connectivity index (χ3v) is 3.08. The average molecular weight is 276 g/mol. The largest absolute Gasteiger partial charge is 0.497 e. The molecule has 2 aromatic rings. The Balaban J connectivity index is 2.12. The number of hydrogen-bond donors (Lipinski definition) is 1. The number of furan rings is 1. The van der Waals surface area contributed by atoms with Crippen LogP contribution in [0.5, 0.6) is 5.75 Å². The molecule has 6 heteroatoms. The summed E-state index contributed by atoms with van der Waals surface area (Å²) in [5.41, 5.74) is 1.09. The molecule has 1 aromatic carbocycles. The molecule has 0 bridgehead atoms. The van der Waals surface area contributed by atoms with Crippen LogP contribution in [0, 0.1) is 10.1 Å². The highest BCUT2D eigenvalue weighted by Crippen LogP contribution is 2.24. The molecular formula is C14H16N2O4. The summed E-state index contributed by atoms with van der Waals surface area (Å²) in [6.45, 7) is 0. The van der Waals surface area contributed by atoms with E-state index in [1.54, 1.807) is 20.2 Å². The highest BCUT2D eigenvalue weighted by molar-refractivity contribution is 5.29. The number of ether oxygens (including phenoxy) is 1. The molecule has 106 valence electrons. The number of methoxy groups -OCH3 is 1. The van der Waals surface area contributed by atoms with Gasteiger partial charge < -0.3 is 14.5 Å². The molecule has 6 nitrogen and oxygen atoms in total. The Labute approximate surface area is 116 Å². The monoisotopic (exact) mass is 276 g/mol.